The van der Waals surface area contributed by atoms with Crippen LogP contribution in [0.25, 0.3) is 0 Å². The molecular weight excluding hydrogens is 252 g/mol. The molecule has 4 nitrogen and oxygen atoms in total. The quantitative estimate of drug-likeness (QED) is 0.892. The summed E-state index contributed by atoms with van der Waals surface area (Å²) in [5.74, 6) is 2.12. The van der Waals surface area contributed by atoms with Gasteiger partial charge < -0.3 is 15.2 Å². The molecule has 1 saturated heterocycles. The van der Waals surface area contributed by atoms with E-state index in [0.29, 0.717) is 12.5 Å². The number of benzene rings is 1. The first-order chi connectivity index (χ1) is 8.70. The highest BCUT2D eigenvalue weighted by molar-refractivity contribution is 6.31. The number of ether oxygens (including phenoxy) is 2. The second kappa shape index (κ2) is 4.61. The zero-order valence-corrected chi connectivity index (χ0v) is 11.1. The number of likely N-dealkylation sites (tertiary alicyclic amines) is 1. The fraction of sp³-hybridized carbons (Fsp3) is 0.538. The molecule has 1 aromatic carbocycles. The van der Waals surface area contributed by atoms with Crippen molar-refractivity contribution < 1.29 is 9.47 Å². The Balaban J connectivity index is 1.99. The Labute approximate surface area is 112 Å². The number of halogens is 1. The number of hydrogen-bond donors (Lipinski definition) is 1. The Hall–Kier alpha value is -0.970. The molecule has 0 saturated carbocycles. The average molecular weight is 269 g/mol. The van der Waals surface area contributed by atoms with Crippen LogP contribution >= 0.6 is 11.6 Å². The van der Waals surface area contributed by atoms with E-state index in [0.717, 1.165) is 35.1 Å². The summed E-state index contributed by atoms with van der Waals surface area (Å²) < 4.78 is 11.0. The van der Waals surface area contributed by atoms with Gasteiger partial charge >= 0.3 is 0 Å². The van der Waals surface area contributed by atoms with Gasteiger partial charge in [0.2, 0.25) is 6.79 Å². The van der Waals surface area contributed by atoms with Gasteiger partial charge in [-0.05, 0) is 38.1 Å². The van der Waals surface area contributed by atoms with E-state index in [1.165, 1.54) is 0 Å². The van der Waals surface area contributed by atoms with Gasteiger partial charge in [0.15, 0.2) is 11.5 Å². The van der Waals surface area contributed by atoms with E-state index in [1.807, 2.05) is 12.1 Å². The number of nitrogens with zero attached hydrogens (tertiary/aromatic N) is 1. The SMILES string of the molecule is CN1CC(CN)CC1c1c(Cl)ccc2c1OCO2. The number of hydrogen-bond acceptors (Lipinski definition) is 4. The van der Waals surface area contributed by atoms with Crippen LogP contribution in [0.2, 0.25) is 5.02 Å². The van der Waals surface area contributed by atoms with Crippen molar-refractivity contribution in [3.63, 3.8) is 0 Å². The molecule has 0 aromatic heterocycles. The van der Waals surface area contributed by atoms with Crippen LogP contribution in [-0.2, 0) is 0 Å². The highest BCUT2D eigenvalue weighted by Crippen LogP contribution is 2.47. The lowest BCUT2D eigenvalue weighted by atomic mass is 9.98. The minimum atomic E-state index is 0.266. The van der Waals surface area contributed by atoms with Gasteiger partial charge in [-0.2, -0.15) is 0 Å². The van der Waals surface area contributed by atoms with Crippen LogP contribution < -0.4 is 15.2 Å². The van der Waals surface area contributed by atoms with Crippen molar-refractivity contribution in [3.05, 3.63) is 22.7 Å². The molecule has 2 heterocycles. The molecule has 0 radical (unpaired) electrons. The van der Waals surface area contributed by atoms with E-state index in [4.69, 9.17) is 26.8 Å². The van der Waals surface area contributed by atoms with Gasteiger partial charge in [-0.3, -0.25) is 4.90 Å². The maximum absolute atomic E-state index is 6.35. The van der Waals surface area contributed by atoms with Crippen LogP contribution in [0, 0.1) is 5.92 Å². The molecular formula is C13H17ClN2O2. The van der Waals surface area contributed by atoms with Crippen LogP contribution in [0.4, 0.5) is 0 Å². The third-order valence-corrected chi connectivity index (χ3v) is 4.16. The summed E-state index contributed by atoms with van der Waals surface area (Å²) in [6, 6.07) is 4.01. The molecule has 98 valence electrons. The normalized spacial score (nSPS) is 26.8. The Kier molecular flexibility index (Phi) is 3.09. The molecule has 2 aliphatic rings. The number of nitrogens with two attached hydrogens (primary N) is 1. The van der Waals surface area contributed by atoms with Crippen molar-refractivity contribution in [1.82, 2.24) is 4.90 Å². The second-order valence-corrected chi connectivity index (χ2v) is 5.39. The summed E-state index contributed by atoms with van der Waals surface area (Å²) in [5.41, 5.74) is 6.82. The van der Waals surface area contributed by atoms with Crippen molar-refractivity contribution in [2.75, 3.05) is 26.9 Å². The standard InChI is InChI=1S/C13H17ClN2O2/c1-16-6-8(5-15)4-10(16)12-9(14)2-3-11-13(12)18-7-17-11/h2-3,8,10H,4-7,15H2,1H3. The van der Waals surface area contributed by atoms with E-state index in [1.54, 1.807) is 0 Å². The van der Waals surface area contributed by atoms with Crippen molar-refractivity contribution in [2.24, 2.45) is 11.7 Å². The minimum absolute atomic E-state index is 0.266. The van der Waals surface area contributed by atoms with Crippen molar-refractivity contribution in [2.45, 2.75) is 12.5 Å². The first kappa shape index (κ1) is 12.1. The molecule has 0 amide bonds. The zero-order chi connectivity index (χ0) is 12.7. The van der Waals surface area contributed by atoms with Crippen LogP contribution in [0.5, 0.6) is 11.5 Å². The van der Waals surface area contributed by atoms with Gasteiger partial charge in [0.1, 0.15) is 0 Å². The van der Waals surface area contributed by atoms with Gasteiger partial charge in [0, 0.05) is 23.2 Å². The van der Waals surface area contributed by atoms with Gasteiger partial charge in [0.25, 0.3) is 0 Å². The summed E-state index contributed by atoms with van der Waals surface area (Å²) in [6.45, 7) is 1.99. The number of fused-ring (bicyclic) bond motifs is 1. The lowest BCUT2D eigenvalue weighted by molar-refractivity contribution is 0.171. The molecule has 0 aliphatic carbocycles. The van der Waals surface area contributed by atoms with E-state index in [2.05, 4.69) is 11.9 Å². The number of rotatable bonds is 2. The molecule has 2 aliphatic heterocycles. The molecule has 3 rings (SSSR count). The molecule has 2 unspecified atom stereocenters. The maximum Gasteiger partial charge on any atom is 0.231 e. The van der Waals surface area contributed by atoms with Crippen molar-refractivity contribution in [1.29, 1.82) is 0 Å². The lowest BCUT2D eigenvalue weighted by Gasteiger charge is -2.22. The topological polar surface area (TPSA) is 47.7 Å². The van der Waals surface area contributed by atoms with E-state index in [9.17, 15) is 0 Å². The third-order valence-electron chi connectivity index (χ3n) is 3.83. The minimum Gasteiger partial charge on any atom is -0.454 e. The average Bonchev–Trinajstić information content (AvgIpc) is 2.96. The van der Waals surface area contributed by atoms with E-state index >= 15 is 0 Å². The summed E-state index contributed by atoms with van der Waals surface area (Å²) >= 11 is 6.35. The Bertz CT molecular complexity index is 467. The van der Waals surface area contributed by atoms with E-state index in [-0.39, 0.29) is 12.8 Å². The highest BCUT2D eigenvalue weighted by atomic mass is 35.5. The van der Waals surface area contributed by atoms with Crippen molar-refractivity contribution >= 4 is 11.6 Å². The summed E-state index contributed by atoms with van der Waals surface area (Å²) in [7, 11) is 2.10. The molecule has 18 heavy (non-hydrogen) atoms. The first-order valence-corrected chi connectivity index (χ1v) is 6.56. The van der Waals surface area contributed by atoms with Crippen LogP contribution in [0.1, 0.15) is 18.0 Å². The molecule has 0 bridgehead atoms. The second-order valence-electron chi connectivity index (χ2n) is 4.99. The van der Waals surface area contributed by atoms with Gasteiger partial charge in [0.05, 0.1) is 0 Å². The predicted molar refractivity (Wildman–Crippen MR) is 70.1 cm³/mol. The van der Waals surface area contributed by atoms with Crippen LogP contribution in [0.15, 0.2) is 12.1 Å². The summed E-state index contributed by atoms with van der Waals surface area (Å²) in [6.07, 6.45) is 1.02. The third kappa shape index (κ3) is 1.85. The van der Waals surface area contributed by atoms with Gasteiger partial charge in [-0.1, -0.05) is 11.6 Å². The molecule has 2 atom stereocenters. The molecule has 1 aromatic rings. The first-order valence-electron chi connectivity index (χ1n) is 6.19. The van der Waals surface area contributed by atoms with Crippen LogP contribution in [-0.4, -0.2) is 31.8 Å². The van der Waals surface area contributed by atoms with E-state index < -0.39 is 0 Å². The maximum atomic E-state index is 6.35. The zero-order valence-electron chi connectivity index (χ0n) is 10.4. The largest absolute Gasteiger partial charge is 0.454 e. The molecule has 5 heteroatoms. The Morgan fingerprint density at radius 1 is 1.44 bits per heavy atom. The molecule has 2 N–H and O–H groups in total. The smallest absolute Gasteiger partial charge is 0.231 e. The van der Waals surface area contributed by atoms with Gasteiger partial charge in [-0.25, -0.2) is 0 Å². The van der Waals surface area contributed by atoms with Gasteiger partial charge in [-0.15, -0.1) is 0 Å². The summed E-state index contributed by atoms with van der Waals surface area (Å²) in [4.78, 5) is 2.29. The Morgan fingerprint density at radius 3 is 3.00 bits per heavy atom. The van der Waals surface area contributed by atoms with Crippen LogP contribution in [0.3, 0.4) is 0 Å². The molecule has 1 fully saturated rings. The fourth-order valence-corrected chi connectivity index (χ4v) is 3.17. The summed E-state index contributed by atoms with van der Waals surface area (Å²) in [5, 5.41) is 0.744. The Morgan fingerprint density at radius 2 is 2.28 bits per heavy atom. The lowest BCUT2D eigenvalue weighted by Crippen LogP contribution is -2.21. The predicted octanol–water partition coefficient (Wildman–Crippen LogP) is 2.02. The monoisotopic (exact) mass is 268 g/mol. The molecule has 0 spiro atoms. The fourth-order valence-electron chi connectivity index (χ4n) is 2.89. The highest BCUT2D eigenvalue weighted by Gasteiger charge is 2.35. The van der Waals surface area contributed by atoms with Crippen molar-refractivity contribution in [3.8, 4) is 11.5 Å².